The van der Waals surface area contributed by atoms with Gasteiger partial charge in [0, 0.05) is 49.1 Å². The normalized spacial score (nSPS) is 15.1. The zero-order valence-electron chi connectivity index (χ0n) is 20.9. The average molecular weight is 496 g/mol. The molecule has 35 heavy (non-hydrogen) atoms. The minimum atomic E-state index is -0.0902. The van der Waals surface area contributed by atoms with E-state index in [0.29, 0.717) is 35.9 Å². The summed E-state index contributed by atoms with van der Waals surface area (Å²) in [7, 11) is 0. The molecule has 7 nitrogen and oxygen atoms in total. The van der Waals surface area contributed by atoms with Gasteiger partial charge in [-0.15, -0.1) is 11.3 Å². The number of ether oxygens (including phenoxy) is 1. The van der Waals surface area contributed by atoms with E-state index >= 15 is 0 Å². The average Bonchev–Trinajstić information content (AvgIpc) is 3.43. The summed E-state index contributed by atoms with van der Waals surface area (Å²) >= 11 is 1.72. The van der Waals surface area contributed by atoms with Crippen LogP contribution in [0.1, 0.15) is 71.5 Å². The van der Waals surface area contributed by atoms with Crippen LogP contribution in [0.5, 0.6) is 5.75 Å². The zero-order valence-corrected chi connectivity index (χ0v) is 21.7. The molecule has 1 saturated heterocycles. The molecule has 1 aromatic carbocycles. The van der Waals surface area contributed by atoms with Crippen LogP contribution in [0.25, 0.3) is 0 Å². The second kappa shape index (κ2) is 10.7. The first-order valence-corrected chi connectivity index (χ1v) is 12.9. The zero-order chi connectivity index (χ0) is 25.0. The van der Waals surface area contributed by atoms with Crippen LogP contribution in [0.15, 0.2) is 46.2 Å². The summed E-state index contributed by atoms with van der Waals surface area (Å²) in [6.07, 6.45) is 0.912. The highest BCUT2D eigenvalue weighted by atomic mass is 32.1. The second-order valence-electron chi connectivity index (χ2n) is 9.95. The van der Waals surface area contributed by atoms with E-state index in [1.165, 1.54) is 6.92 Å². The summed E-state index contributed by atoms with van der Waals surface area (Å²) < 4.78 is 11.5. The van der Waals surface area contributed by atoms with Gasteiger partial charge in [-0.3, -0.25) is 14.5 Å². The summed E-state index contributed by atoms with van der Waals surface area (Å²) in [6.45, 7) is 12.2. The van der Waals surface area contributed by atoms with Crippen molar-refractivity contribution in [2.75, 3.05) is 26.2 Å². The molecule has 4 rings (SSSR count). The molecule has 0 aliphatic carbocycles. The monoisotopic (exact) mass is 495 g/mol. The molecule has 0 radical (unpaired) electrons. The smallest absolute Gasteiger partial charge is 0.289 e. The summed E-state index contributed by atoms with van der Waals surface area (Å²) in [4.78, 5) is 33.5. The van der Waals surface area contributed by atoms with E-state index in [4.69, 9.17) is 14.1 Å². The number of aromatic nitrogens is 1. The van der Waals surface area contributed by atoms with Gasteiger partial charge in [-0.2, -0.15) is 0 Å². The van der Waals surface area contributed by atoms with Crippen molar-refractivity contribution in [3.63, 3.8) is 0 Å². The fraction of sp³-hybridized carbons (Fsp3) is 0.444. The predicted octanol–water partition coefficient (Wildman–Crippen LogP) is 5.16. The van der Waals surface area contributed by atoms with E-state index in [1.807, 2.05) is 4.90 Å². The number of amides is 1. The van der Waals surface area contributed by atoms with Crippen LogP contribution in [0.4, 0.5) is 0 Å². The summed E-state index contributed by atoms with van der Waals surface area (Å²) in [5.41, 5.74) is 1.81. The van der Waals surface area contributed by atoms with Crippen molar-refractivity contribution in [3.8, 4) is 5.75 Å². The molecule has 0 saturated carbocycles. The number of Topliss-reactive ketones (excluding diaryl/α,β-unsaturated/α-hetero) is 1. The molecular weight excluding hydrogens is 462 g/mol. The largest absolute Gasteiger partial charge is 0.486 e. The fourth-order valence-electron chi connectivity index (χ4n) is 3.95. The van der Waals surface area contributed by atoms with E-state index in [-0.39, 0.29) is 23.7 Å². The summed E-state index contributed by atoms with van der Waals surface area (Å²) in [6, 6.07) is 10.5. The number of nitrogens with zero attached hydrogens (tertiary/aromatic N) is 3. The van der Waals surface area contributed by atoms with E-state index in [1.54, 1.807) is 47.7 Å². The van der Waals surface area contributed by atoms with Gasteiger partial charge in [-0.25, -0.2) is 4.98 Å². The lowest BCUT2D eigenvalue weighted by Crippen LogP contribution is -2.35. The van der Waals surface area contributed by atoms with Crippen molar-refractivity contribution in [1.29, 1.82) is 0 Å². The lowest BCUT2D eigenvalue weighted by molar-refractivity contribution is 0.0725. The number of benzene rings is 1. The number of ketones is 1. The van der Waals surface area contributed by atoms with Crippen LogP contribution < -0.4 is 4.74 Å². The van der Waals surface area contributed by atoms with Gasteiger partial charge in [-0.05, 0) is 49.7 Å². The molecule has 3 heterocycles. The Morgan fingerprint density at radius 2 is 1.83 bits per heavy atom. The van der Waals surface area contributed by atoms with Gasteiger partial charge >= 0.3 is 0 Å². The van der Waals surface area contributed by atoms with Crippen molar-refractivity contribution in [1.82, 2.24) is 14.8 Å². The van der Waals surface area contributed by atoms with Gasteiger partial charge in [0.25, 0.3) is 5.91 Å². The minimum absolute atomic E-state index is 0.0141. The topological polar surface area (TPSA) is 75.9 Å². The molecule has 1 aliphatic rings. The molecule has 1 amide bonds. The van der Waals surface area contributed by atoms with Gasteiger partial charge in [0.15, 0.2) is 11.5 Å². The number of rotatable bonds is 7. The molecular formula is C27H33N3O4S. The Morgan fingerprint density at radius 3 is 2.51 bits per heavy atom. The molecule has 1 fully saturated rings. The highest BCUT2D eigenvalue weighted by Crippen LogP contribution is 2.26. The quantitative estimate of drug-likeness (QED) is 0.421. The maximum Gasteiger partial charge on any atom is 0.289 e. The highest BCUT2D eigenvalue weighted by Gasteiger charge is 2.24. The Labute approximate surface area is 210 Å². The van der Waals surface area contributed by atoms with Crippen LogP contribution in [0, 0.1) is 0 Å². The van der Waals surface area contributed by atoms with Gasteiger partial charge in [0.05, 0.1) is 10.7 Å². The van der Waals surface area contributed by atoms with Gasteiger partial charge in [0.2, 0.25) is 0 Å². The second-order valence-corrected chi connectivity index (χ2v) is 10.8. The van der Waals surface area contributed by atoms with Crippen LogP contribution in [-0.2, 0) is 18.6 Å². The van der Waals surface area contributed by atoms with E-state index < -0.39 is 0 Å². The first-order valence-electron chi connectivity index (χ1n) is 12.0. The Balaban J connectivity index is 1.29. The fourth-order valence-corrected chi connectivity index (χ4v) is 4.85. The van der Waals surface area contributed by atoms with Crippen LogP contribution in [0.2, 0.25) is 0 Å². The Morgan fingerprint density at radius 1 is 1.06 bits per heavy atom. The Kier molecular flexibility index (Phi) is 7.72. The van der Waals surface area contributed by atoms with Crippen molar-refractivity contribution in [3.05, 3.63) is 69.6 Å². The van der Waals surface area contributed by atoms with E-state index in [9.17, 15) is 9.59 Å². The maximum absolute atomic E-state index is 13.1. The molecule has 0 bridgehead atoms. The third kappa shape index (κ3) is 6.58. The van der Waals surface area contributed by atoms with Crippen LogP contribution in [0.3, 0.4) is 0 Å². The molecule has 8 heteroatoms. The predicted molar refractivity (Wildman–Crippen MR) is 136 cm³/mol. The molecule has 1 aliphatic heterocycles. The molecule has 3 aromatic rings. The molecule has 0 unspecified atom stereocenters. The number of furan rings is 1. The third-order valence-electron chi connectivity index (χ3n) is 5.97. The summed E-state index contributed by atoms with van der Waals surface area (Å²) in [5, 5.41) is 3.31. The molecule has 0 atom stereocenters. The van der Waals surface area contributed by atoms with E-state index in [2.05, 4.69) is 31.1 Å². The van der Waals surface area contributed by atoms with Gasteiger partial charge in [0.1, 0.15) is 18.1 Å². The highest BCUT2D eigenvalue weighted by molar-refractivity contribution is 7.09. The Bertz CT molecular complexity index is 1160. The SMILES string of the molecule is CC(=O)c1ccc(OCc2ccc(C(=O)N3CCCN(Cc4csc(C(C)(C)C)n4)CC3)o2)cc1. The van der Waals surface area contributed by atoms with Crippen molar-refractivity contribution >= 4 is 23.0 Å². The molecule has 186 valence electrons. The maximum atomic E-state index is 13.1. The molecule has 0 spiro atoms. The van der Waals surface area contributed by atoms with Crippen molar-refractivity contribution in [2.45, 2.75) is 52.7 Å². The van der Waals surface area contributed by atoms with Crippen LogP contribution >= 0.6 is 11.3 Å². The number of hydrogen-bond acceptors (Lipinski definition) is 7. The number of hydrogen-bond donors (Lipinski definition) is 0. The minimum Gasteiger partial charge on any atom is -0.486 e. The van der Waals surface area contributed by atoms with Gasteiger partial charge < -0.3 is 14.1 Å². The first kappa shape index (κ1) is 25.1. The summed E-state index contributed by atoms with van der Waals surface area (Å²) in [5.74, 6) is 1.48. The van der Waals surface area contributed by atoms with Crippen molar-refractivity contribution in [2.24, 2.45) is 0 Å². The lowest BCUT2D eigenvalue weighted by Gasteiger charge is -2.21. The lowest BCUT2D eigenvalue weighted by atomic mass is 9.98. The molecule has 0 N–H and O–H groups in total. The van der Waals surface area contributed by atoms with E-state index in [0.717, 1.165) is 36.8 Å². The third-order valence-corrected chi connectivity index (χ3v) is 7.29. The molecule has 2 aromatic heterocycles. The van der Waals surface area contributed by atoms with Crippen molar-refractivity contribution < 1.29 is 18.7 Å². The standard InChI is InChI=1S/C27H33N3O4S/c1-19(31)20-6-8-22(9-7-20)33-17-23-10-11-24(34-23)25(32)30-13-5-12-29(14-15-30)16-21-18-35-26(28-21)27(2,3)4/h6-11,18H,5,12-17H2,1-4H3. The Hall–Kier alpha value is -2.97. The number of carbonyl (C=O) groups excluding carboxylic acids is 2. The number of carbonyl (C=O) groups is 2. The first-order chi connectivity index (χ1) is 16.7. The van der Waals surface area contributed by atoms with Gasteiger partial charge in [-0.1, -0.05) is 20.8 Å². The number of thiazole rings is 1. The van der Waals surface area contributed by atoms with Crippen LogP contribution in [-0.4, -0.2) is 52.7 Å².